The number of benzene rings is 3. The molecular weight excluding hydrogens is 485 g/mol. The third-order valence-corrected chi connectivity index (χ3v) is 7.34. The van der Waals surface area contributed by atoms with Crippen molar-refractivity contribution in [2.45, 2.75) is 70.3 Å². The zero-order chi connectivity index (χ0) is 26.9. The standard InChI is InChI=1S/C33H37F3O2/c1-3-5-7-8-20-37-31-19-18-29(32(35)33(31)36)24-12-10-23(11-13-24)28-17-15-25(21-30(28)34)26-14-16-27(38-22-26)9-6-4-2/h4,10-13,15,17-19,21,26-27H,2-3,5-9,14,16,20,22H2,1H3. The van der Waals surface area contributed by atoms with E-state index in [1.165, 1.54) is 12.1 Å². The Morgan fingerprint density at radius 2 is 1.63 bits per heavy atom. The highest BCUT2D eigenvalue weighted by atomic mass is 19.2. The number of allylic oxidation sites excluding steroid dienone is 1. The second kappa shape index (κ2) is 13.7. The van der Waals surface area contributed by atoms with Crippen molar-refractivity contribution in [2.24, 2.45) is 0 Å². The van der Waals surface area contributed by atoms with Crippen molar-refractivity contribution in [2.75, 3.05) is 13.2 Å². The predicted octanol–water partition coefficient (Wildman–Crippen LogP) is 9.63. The summed E-state index contributed by atoms with van der Waals surface area (Å²) in [7, 11) is 0. The number of rotatable bonds is 12. The molecule has 3 aromatic carbocycles. The first-order valence-corrected chi connectivity index (χ1v) is 13.7. The lowest BCUT2D eigenvalue weighted by molar-refractivity contribution is -0.000212. The van der Waals surface area contributed by atoms with E-state index in [0.29, 0.717) is 29.9 Å². The Balaban J connectivity index is 1.41. The van der Waals surface area contributed by atoms with Gasteiger partial charge in [0, 0.05) is 17.0 Å². The molecule has 202 valence electrons. The van der Waals surface area contributed by atoms with Crippen LogP contribution in [0, 0.1) is 17.5 Å². The Morgan fingerprint density at radius 1 is 0.895 bits per heavy atom. The van der Waals surface area contributed by atoms with E-state index < -0.39 is 11.6 Å². The van der Waals surface area contributed by atoms with Gasteiger partial charge in [0.25, 0.3) is 0 Å². The summed E-state index contributed by atoms with van der Waals surface area (Å²) in [5.74, 6) is -2.12. The van der Waals surface area contributed by atoms with Crippen LogP contribution < -0.4 is 4.74 Å². The van der Waals surface area contributed by atoms with Gasteiger partial charge in [-0.15, -0.1) is 6.58 Å². The minimum Gasteiger partial charge on any atom is -0.490 e. The van der Waals surface area contributed by atoms with Gasteiger partial charge in [0.2, 0.25) is 5.82 Å². The molecular formula is C33H37F3O2. The summed E-state index contributed by atoms with van der Waals surface area (Å²) in [6.07, 6.45) is 10.0. The van der Waals surface area contributed by atoms with E-state index in [1.807, 2.05) is 12.1 Å². The van der Waals surface area contributed by atoms with Crippen molar-refractivity contribution in [1.29, 1.82) is 0 Å². The molecule has 2 atom stereocenters. The average Bonchev–Trinajstić information content (AvgIpc) is 2.94. The van der Waals surface area contributed by atoms with Crippen LogP contribution in [0.4, 0.5) is 13.2 Å². The van der Waals surface area contributed by atoms with Crippen molar-refractivity contribution < 1.29 is 22.6 Å². The molecule has 4 rings (SSSR count). The Hall–Kier alpha value is -3.05. The molecule has 3 aromatic rings. The lowest BCUT2D eigenvalue weighted by Crippen LogP contribution is -2.24. The first kappa shape index (κ1) is 28.0. The molecule has 1 saturated heterocycles. The van der Waals surface area contributed by atoms with Crippen LogP contribution in [-0.2, 0) is 4.74 Å². The van der Waals surface area contributed by atoms with Crippen molar-refractivity contribution in [3.63, 3.8) is 0 Å². The van der Waals surface area contributed by atoms with E-state index in [9.17, 15) is 8.78 Å². The molecule has 0 aromatic heterocycles. The highest BCUT2D eigenvalue weighted by molar-refractivity contribution is 5.71. The predicted molar refractivity (Wildman–Crippen MR) is 148 cm³/mol. The third-order valence-electron chi connectivity index (χ3n) is 7.34. The molecule has 0 aliphatic carbocycles. The quantitative estimate of drug-likeness (QED) is 0.174. The van der Waals surface area contributed by atoms with E-state index in [4.69, 9.17) is 9.47 Å². The molecule has 0 N–H and O–H groups in total. The molecule has 1 aliphatic heterocycles. The molecule has 0 spiro atoms. The largest absolute Gasteiger partial charge is 0.490 e. The van der Waals surface area contributed by atoms with Crippen LogP contribution in [0.2, 0.25) is 0 Å². The van der Waals surface area contributed by atoms with Crippen LogP contribution in [0.25, 0.3) is 22.3 Å². The topological polar surface area (TPSA) is 18.5 Å². The Bertz CT molecular complexity index is 1200. The fourth-order valence-electron chi connectivity index (χ4n) is 5.03. The van der Waals surface area contributed by atoms with E-state index in [1.54, 1.807) is 36.4 Å². The molecule has 2 unspecified atom stereocenters. The Morgan fingerprint density at radius 3 is 2.29 bits per heavy atom. The lowest BCUT2D eigenvalue weighted by Gasteiger charge is -2.29. The fraction of sp³-hybridized carbons (Fsp3) is 0.394. The smallest absolute Gasteiger partial charge is 0.201 e. The molecule has 1 fully saturated rings. The first-order chi connectivity index (χ1) is 18.5. The van der Waals surface area contributed by atoms with Gasteiger partial charge in [-0.05, 0) is 67.0 Å². The van der Waals surface area contributed by atoms with Gasteiger partial charge >= 0.3 is 0 Å². The van der Waals surface area contributed by atoms with E-state index in [-0.39, 0.29) is 29.2 Å². The van der Waals surface area contributed by atoms with Crippen LogP contribution >= 0.6 is 0 Å². The Kier molecular flexibility index (Phi) is 10.1. The van der Waals surface area contributed by atoms with Crippen LogP contribution in [0.3, 0.4) is 0 Å². The van der Waals surface area contributed by atoms with Crippen molar-refractivity contribution >= 4 is 0 Å². The third kappa shape index (κ3) is 6.87. The van der Waals surface area contributed by atoms with E-state index >= 15 is 4.39 Å². The lowest BCUT2D eigenvalue weighted by atomic mass is 9.89. The maximum Gasteiger partial charge on any atom is 0.201 e. The van der Waals surface area contributed by atoms with Crippen molar-refractivity contribution in [1.82, 2.24) is 0 Å². The fourth-order valence-corrected chi connectivity index (χ4v) is 5.03. The number of unbranched alkanes of at least 4 members (excludes halogenated alkanes) is 3. The second-order valence-electron chi connectivity index (χ2n) is 10.1. The SMILES string of the molecule is C=CCCC1CCC(c2ccc(-c3ccc(-c4ccc(OCCCCCC)c(F)c4F)cc3)c(F)c2)CO1. The minimum absolute atomic E-state index is 0.0721. The molecule has 1 heterocycles. The summed E-state index contributed by atoms with van der Waals surface area (Å²) in [4.78, 5) is 0. The zero-order valence-electron chi connectivity index (χ0n) is 22.2. The van der Waals surface area contributed by atoms with Crippen LogP contribution in [0.15, 0.2) is 67.3 Å². The molecule has 1 aliphatic rings. The summed E-state index contributed by atoms with van der Waals surface area (Å²) in [6.45, 7) is 6.83. The van der Waals surface area contributed by atoms with Gasteiger partial charge < -0.3 is 9.47 Å². The zero-order valence-corrected chi connectivity index (χ0v) is 22.2. The number of ether oxygens (including phenoxy) is 2. The molecule has 0 radical (unpaired) electrons. The maximum absolute atomic E-state index is 15.1. The molecule has 0 saturated carbocycles. The Labute approximate surface area is 224 Å². The summed E-state index contributed by atoms with van der Waals surface area (Å²) >= 11 is 0. The molecule has 38 heavy (non-hydrogen) atoms. The number of hydrogen-bond donors (Lipinski definition) is 0. The molecule has 0 bridgehead atoms. The van der Waals surface area contributed by atoms with Gasteiger partial charge in [-0.2, -0.15) is 4.39 Å². The van der Waals surface area contributed by atoms with E-state index in [0.717, 1.165) is 56.9 Å². The highest BCUT2D eigenvalue weighted by Crippen LogP contribution is 2.34. The maximum atomic E-state index is 15.1. The summed E-state index contributed by atoms with van der Waals surface area (Å²) < 4.78 is 56.0. The van der Waals surface area contributed by atoms with Gasteiger partial charge in [-0.1, -0.05) is 68.7 Å². The minimum atomic E-state index is -0.984. The normalized spacial score (nSPS) is 17.4. The second-order valence-corrected chi connectivity index (χ2v) is 10.1. The van der Waals surface area contributed by atoms with Crippen LogP contribution in [0.1, 0.15) is 69.8 Å². The molecule has 0 amide bonds. The summed E-state index contributed by atoms with van der Waals surface area (Å²) in [6, 6.07) is 15.2. The molecule has 2 nitrogen and oxygen atoms in total. The van der Waals surface area contributed by atoms with Crippen molar-refractivity contribution in [3.8, 4) is 28.0 Å². The molecule has 5 heteroatoms. The van der Waals surface area contributed by atoms with Gasteiger partial charge in [0.05, 0.1) is 19.3 Å². The summed E-state index contributed by atoms with van der Waals surface area (Å²) in [5.41, 5.74) is 2.75. The number of halogens is 3. The first-order valence-electron chi connectivity index (χ1n) is 13.7. The van der Waals surface area contributed by atoms with Crippen LogP contribution in [-0.4, -0.2) is 19.3 Å². The monoisotopic (exact) mass is 522 g/mol. The highest BCUT2D eigenvalue weighted by Gasteiger charge is 2.23. The average molecular weight is 523 g/mol. The van der Waals surface area contributed by atoms with Gasteiger partial charge in [0.1, 0.15) is 5.82 Å². The summed E-state index contributed by atoms with van der Waals surface area (Å²) in [5, 5.41) is 0. The van der Waals surface area contributed by atoms with Crippen molar-refractivity contribution in [3.05, 3.63) is 90.3 Å². The number of hydrogen-bond acceptors (Lipinski definition) is 2. The van der Waals surface area contributed by atoms with Gasteiger partial charge in [0.15, 0.2) is 11.6 Å². The van der Waals surface area contributed by atoms with Gasteiger partial charge in [-0.3, -0.25) is 0 Å². The van der Waals surface area contributed by atoms with E-state index in [2.05, 4.69) is 13.5 Å². The van der Waals surface area contributed by atoms with Gasteiger partial charge in [-0.25, -0.2) is 8.78 Å². The van der Waals surface area contributed by atoms with Crippen LogP contribution in [0.5, 0.6) is 5.75 Å².